The Morgan fingerprint density at radius 3 is 2.50 bits per heavy atom. The number of carbonyl (C=O) groups is 1. The molecule has 0 bridgehead atoms. The van der Waals surface area contributed by atoms with Crippen LogP contribution >= 0.6 is 0 Å². The van der Waals surface area contributed by atoms with Crippen LogP contribution in [-0.2, 0) is 29.2 Å². The summed E-state index contributed by atoms with van der Waals surface area (Å²) in [6.07, 6.45) is 6.21. The average Bonchev–Trinajstić information content (AvgIpc) is 3.43. The third-order valence-corrected chi connectivity index (χ3v) is 6.21. The molecule has 3 aromatic rings. The predicted molar refractivity (Wildman–Crippen MR) is 123 cm³/mol. The molecule has 32 heavy (non-hydrogen) atoms. The Balaban J connectivity index is 1.30. The summed E-state index contributed by atoms with van der Waals surface area (Å²) in [5.41, 5.74) is 2.69. The monoisotopic (exact) mass is 435 g/mol. The second-order valence-electron chi connectivity index (χ2n) is 9.01. The highest BCUT2D eigenvalue weighted by atomic mass is 16.5. The molecule has 1 fully saturated rings. The molecular weight excluding hydrogens is 402 g/mol. The van der Waals surface area contributed by atoms with Gasteiger partial charge in [-0.15, -0.1) is 0 Å². The molecule has 1 aliphatic rings. The quantitative estimate of drug-likeness (QED) is 0.461. The number of nitrogens with zero attached hydrogens (tertiary/aromatic N) is 3. The van der Waals surface area contributed by atoms with E-state index in [2.05, 4.69) is 53.8 Å². The number of ether oxygens (including phenoxy) is 1. The van der Waals surface area contributed by atoms with Crippen molar-refractivity contribution in [2.45, 2.75) is 65.1 Å². The van der Waals surface area contributed by atoms with Crippen molar-refractivity contribution in [3.63, 3.8) is 0 Å². The molecule has 1 aliphatic heterocycles. The molecule has 0 radical (unpaired) electrons. The number of esters is 1. The molecule has 6 heteroatoms. The van der Waals surface area contributed by atoms with E-state index in [-0.39, 0.29) is 12.6 Å². The van der Waals surface area contributed by atoms with E-state index in [1.54, 1.807) is 0 Å². The summed E-state index contributed by atoms with van der Waals surface area (Å²) < 4.78 is 13.1. The number of aromatic nitrogens is 2. The minimum Gasteiger partial charge on any atom is -0.461 e. The Hall–Kier alpha value is -2.86. The molecule has 0 unspecified atom stereocenters. The third kappa shape index (κ3) is 5.68. The fourth-order valence-corrected chi connectivity index (χ4v) is 4.35. The van der Waals surface area contributed by atoms with Gasteiger partial charge in [0.15, 0.2) is 0 Å². The Morgan fingerprint density at radius 1 is 1.09 bits per heavy atom. The SMILES string of the molecule is CC(=O)OCc1ccc(CN2CCC(c3nccn3Cc3ccc(C(C)C)cc3)CC2)o1. The minimum absolute atomic E-state index is 0.195. The van der Waals surface area contributed by atoms with E-state index in [0.29, 0.717) is 17.6 Å². The lowest BCUT2D eigenvalue weighted by Gasteiger charge is -2.31. The number of likely N-dealkylation sites (tertiary alicyclic amines) is 1. The van der Waals surface area contributed by atoms with Crippen molar-refractivity contribution < 1.29 is 13.9 Å². The molecule has 1 saturated heterocycles. The van der Waals surface area contributed by atoms with Crippen molar-refractivity contribution in [3.05, 3.63) is 77.3 Å². The maximum absolute atomic E-state index is 11.0. The van der Waals surface area contributed by atoms with Crippen molar-refractivity contribution in [1.29, 1.82) is 0 Å². The molecule has 1 aromatic carbocycles. The highest BCUT2D eigenvalue weighted by Crippen LogP contribution is 2.28. The normalized spacial score (nSPS) is 15.4. The Morgan fingerprint density at radius 2 is 1.81 bits per heavy atom. The highest BCUT2D eigenvalue weighted by molar-refractivity contribution is 5.65. The molecule has 0 atom stereocenters. The second-order valence-corrected chi connectivity index (χ2v) is 9.01. The van der Waals surface area contributed by atoms with E-state index in [0.717, 1.165) is 44.8 Å². The number of piperidine rings is 1. The number of furan rings is 1. The fraction of sp³-hybridized carbons (Fsp3) is 0.462. The summed E-state index contributed by atoms with van der Waals surface area (Å²) in [5.74, 6) is 3.53. The Kier molecular flexibility index (Phi) is 7.10. The van der Waals surface area contributed by atoms with Crippen LogP contribution < -0.4 is 0 Å². The highest BCUT2D eigenvalue weighted by Gasteiger charge is 2.24. The molecule has 0 spiro atoms. The first-order valence-corrected chi connectivity index (χ1v) is 11.5. The van der Waals surface area contributed by atoms with Crippen molar-refractivity contribution in [2.24, 2.45) is 0 Å². The summed E-state index contributed by atoms with van der Waals surface area (Å²) in [7, 11) is 0. The minimum atomic E-state index is -0.295. The van der Waals surface area contributed by atoms with Crippen LogP contribution in [0.25, 0.3) is 0 Å². The molecule has 6 nitrogen and oxygen atoms in total. The molecule has 0 aliphatic carbocycles. The first-order chi connectivity index (χ1) is 15.5. The van der Waals surface area contributed by atoms with Gasteiger partial charge in [0.2, 0.25) is 0 Å². The lowest BCUT2D eigenvalue weighted by atomic mass is 9.95. The lowest BCUT2D eigenvalue weighted by Crippen LogP contribution is -2.33. The van der Waals surface area contributed by atoms with Gasteiger partial charge in [-0.2, -0.15) is 0 Å². The smallest absolute Gasteiger partial charge is 0.303 e. The van der Waals surface area contributed by atoms with E-state index in [1.807, 2.05) is 18.3 Å². The molecule has 4 rings (SSSR count). The maximum Gasteiger partial charge on any atom is 0.303 e. The van der Waals surface area contributed by atoms with E-state index in [9.17, 15) is 4.79 Å². The lowest BCUT2D eigenvalue weighted by molar-refractivity contribution is -0.142. The van der Waals surface area contributed by atoms with Crippen LogP contribution in [0.2, 0.25) is 0 Å². The molecule has 170 valence electrons. The summed E-state index contributed by atoms with van der Waals surface area (Å²) in [4.78, 5) is 18.1. The molecule has 0 amide bonds. The number of imidazole rings is 1. The van der Waals surface area contributed by atoms with Crippen LogP contribution in [0.1, 0.15) is 73.9 Å². The van der Waals surface area contributed by atoms with Crippen LogP contribution in [0.3, 0.4) is 0 Å². The molecule has 0 N–H and O–H groups in total. The number of hydrogen-bond acceptors (Lipinski definition) is 5. The third-order valence-electron chi connectivity index (χ3n) is 6.21. The topological polar surface area (TPSA) is 60.5 Å². The summed E-state index contributed by atoms with van der Waals surface area (Å²) in [6.45, 7) is 9.73. The van der Waals surface area contributed by atoms with Gasteiger partial charge in [0, 0.05) is 31.8 Å². The van der Waals surface area contributed by atoms with Gasteiger partial charge >= 0.3 is 5.97 Å². The first-order valence-electron chi connectivity index (χ1n) is 11.5. The summed E-state index contributed by atoms with van der Waals surface area (Å²) in [5, 5.41) is 0. The van der Waals surface area contributed by atoms with E-state index >= 15 is 0 Å². The predicted octanol–water partition coefficient (Wildman–Crippen LogP) is 5.09. The summed E-state index contributed by atoms with van der Waals surface area (Å²) in [6, 6.07) is 12.8. The van der Waals surface area contributed by atoms with Gasteiger partial charge < -0.3 is 13.7 Å². The van der Waals surface area contributed by atoms with E-state index < -0.39 is 0 Å². The number of hydrogen-bond donors (Lipinski definition) is 0. The Bertz CT molecular complexity index is 1010. The number of rotatable bonds is 8. The van der Waals surface area contributed by atoms with Crippen LogP contribution in [-0.4, -0.2) is 33.5 Å². The molecular formula is C26H33N3O3. The average molecular weight is 436 g/mol. The van der Waals surface area contributed by atoms with Gasteiger partial charge in [-0.3, -0.25) is 9.69 Å². The van der Waals surface area contributed by atoms with Gasteiger partial charge in [0.25, 0.3) is 0 Å². The van der Waals surface area contributed by atoms with Crippen molar-refractivity contribution in [3.8, 4) is 0 Å². The van der Waals surface area contributed by atoms with Crippen LogP contribution in [0.5, 0.6) is 0 Å². The molecule has 2 aromatic heterocycles. The van der Waals surface area contributed by atoms with Crippen LogP contribution in [0.4, 0.5) is 0 Å². The number of benzene rings is 1. The van der Waals surface area contributed by atoms with Gasteiger partial charge in [-0.1, -0.05) is 38.1 Å². The zero-order chi connectivity index (χ0) is 22.5. The first kappa shape index (κ1) is 22.3. The zero-order valence-electron chi connectivity index (χ0n) is 19.3. The Labute approximate surface area is 190 Å². The van der Waals surface area contributed by atoms with Gasteiger partial charge in [-0.25, -0.2) is 4.98 Å². The van der Waals surface area contributed by atoms with Crippen LogP contribution in [0.15, 0.2) is 53.2 Å². The maximum atomic E-state index is 11.0. The van der Waals surface area contributed by atoms with Gasteiger partial charge in [0.05, 0.1) is 6.54 Å². The van der Waals surface area contributed by atoms with Gasteiger partial charge in [0.1, 0.15) is 24.0 Å². The molecule has 3 heterocycles. The second kappa shape index (κ2) is 10.2. The summed E-state index contributed by atoms with van der Waals surface area (Å²) >= 11 is 0. The van der Waals surface area contributed by atoms with E-state index in [1.165, 1.54) is 23.9 Å². The van der Waals surface area contributed by atoms with Crippen molar-refractivity contribution >= 4 is 5.97 Å². The standard InChI is InChI=1S/C26H33N3O3/c1-19(2)22-6-4-21(5-7-22)16-29-15-12-27-26(29)23-10-13-28(14-11-23)17-24-8-9-25(32-24)18-31-20(3)30/h4-9,12,15,19,23H,10-11,13-14,16-18H2,1-3H3. The fourth-order valence-electron chi connectivity index (χ4n) is 4.35. The van der Waals surface area contributed by atoms with E-state index in [4.69, 9.17) is 14.1 Å². The van der Waals surface area contributed by atoms with Crippen LogP contribution in [0, 0.1) is 0 Å². The largest absolute Gasteiger partial charge is 0.461 e. The zero-order valence-corrected chi connectivity index (χ0v) is 19.3. The van der Waals surface area contributed by atoms with Gasteiger partial charge in [-0.05, 0) is 55.1 Å². The van der Waals surface area contributed by atoms with Crippen molar-refractivity contribution in [1.82, 2.24) is 14.5 Å². The number of carbonyl (C=O) groups excluding carboxylic acids is 1. The molecule has 0 saturated carbocycles. The van der Waals surface area contributed by atoms with Crippen molar-refractivity contribution in [2.75, 3.05) is 13.1 Å².